The summed E-state index contributed by atoms with van der Waals surface area (Å²) < 4.78 is 0. The van der Waals surface area contributed by atoms with Gasteiger partial charge in [0.2, 0.25) is 0 Å². The minimum absolute atomic E-state index is 1.01. The fourth-order valence-electron chi connectivity index (χ4n) is 3.00. The molecule has 0 spiro atoms. The van der Waals surface area contributed by atoms with Gasteiger partial charge in [0, 0.05) is 0 Å². The highest BCUT2D eigenvalue weighted by Crippen LogP contribution is 2.26. The fourth-order valence-corrected chi connectivity index (χ4v) is 3.00. The third-order valence-electron chi connectivity index (χ3n) is 4.49. The molecule has 25 heavy (non-hydrogen) atoms. The zero-order valence-electron chi connectivity index (χ0n) is 14.6. The zero-order valence-corrected chi connectivity index (χ0v) is 14.6. The molecule has 0 heterocycles. The lowest BCUT2D eigenvalue weighted by Gasteiger charge is -2.09. The van der Waals surface area contributed by atoms with E-state index in [1.54, 1.807) is 0 Å². The van der Waals surface area contributed by atoms with Gasteiger partial charge in [-0.15, -0.1) is 0 Å². The summed E-state index contributed by atoms with van der Waals surface area (Å²) in [4.78, 5) is 0. The quantitative estimate of drug-likeness (QED) is 0.434. The summed E-state index contributed by atoms with van der Waals surface area (Å²) >= 11 is 0. The third kappa shape index (κ3) is 3.54. The summed E-state index contributed by atoms with van der Waals surface area (Å²) in [6.45, 7) is 14.1. The van der Waals surface area contributed by atoms with Gasteiger partial charge in [0.1, 0.15) is 0 Å². The molecule has 0 aliphatic rings. The van der Waals surface area contributed by atoms with E-state index in [0.717, 1.165) is 22.3 Å². The topological polar surface area (TPSA) is 0 Å². The molecule has 0 atom stereocenters. The Morgan fingerprint density at radius 1 is 0.760 bits per heavy atom. The van der Waals surface area contributed by atoms with Crippen LogP contribution in [0.1, 0.15) is 29.2 Å². The number of allylic oxidation sites excluding steroid dienone is 3. The van der Waals surface area contributed by atoms with E-state index in [1.165, 1.54) is 21.9 Å². The van der Waals surface area contributed by atoms with Gasteiger partial charge in [-0.05, 0) is 63.2 Å². The van der Waals surface area contributed by atoms with Gasteiger partial charge in [-0.1, -0.05) is 86.5 Å². The molecule has 0 N–H and O–H groups in total. The van der Waals surface area contributed by atoms with Gasteiger partial charge in [0.05, 0.1) is 0 Å². The summed E-state index contributed by atoms with van der Waals surface area (Å²) in [6.07, 6.45) is 5.86. The molecule has 0 unspecified atom stereocenters. The van der Waals surface area contributed by atoms with Gasteiger partial charge >= 0.3 is 0 Å². The van der Waals surface area contributed by atoms with E-state index in [9.17, 15) is 0 Å². The molecule has 0 radical (unpaired) electrons. The summed E-state index contributed by atoms with van der Waals surface area (Å²) in [5.74, 6) is 0. The van der Waals surface area contributed by atoms with Crippen molar-refractivity contribution >= 4 is 34.1 Å². The Balaban J connectivity index is 1.94. The van der Waals surface area contributed by atoms with Crippen molar-refractivity contribution in [2.24, 2.45) is 0 Å². The average molecular weight is 322 g/mol. The summed E-state index contributed by atoms with van der Waals surface area (Å²) in [5, 5.41) is 2.48. The maximum Gasteiger partial charge on any atom is -0.0178 e. The van der Waals surface area contributed by atoms with Crippen molar-refractivity contribution in [1.82, 2.24) is 0 Å². The van der Waals surface area contributed by atoms with Crippen LogP contribution in [0, 0.1) is 0 Å². The highest BCUT2D eigenvalue weighted by atomic mass is 14.1. The monoisotopic (exact) mass is 322 g/mol. The maximum absolute atomic E-state index is 4.26. The van der Waals surface area contributed by atoms with Crippen LogP contribution in [0.5, 0.6) is 0 Å². The minimum Gasteiger partial charge on any atom is -0.0984 e. The van der Waals surface area contributed by atoms with E-state index in [1.807, 2.05) is 12.2 Å². The van der Waals surface area contributed by atoms with Crippen LogP contribution < -0.4 is 0 Å². The first kappa shape index (κ1) is 16.7. The number of hydrogen-bond donors (Lipinski definition) is 0. The molecule has 3 rings (SSSR count). The molecule has 0 aliphatic carbocycles. The van der Waals surface area contributed by atoms with Crippen LogP contribution in [-0.2, 0) is 0 Å². The van der Waals surface area contributed by atoms with E-state index in [-0.39, 0.29) is 0 Å². The number of benzene rings is 3. The third-order valence-corrected chi connectivity index (χ3v) is 4.49. The Labute approximate surface area is 150 Å². The molecule has 3 aromatic rings. The molecule has 0 bridgehead atoms. The van der Waals surface area contributed by atoms with E-state index in [0.29, 0.717) is 0 Å². The van der Waals surface area contributed by atoms with Crippen LogP contribution in [0.3, 0.4) is 0 Å². The normalized spacial score (nSPS) is 11.3. The Bertz CT molecular complexity index is 999. The standard InChI is InChI=1S/C25H22/c1-5-20-11-13-23(16-21(20)6-2)18(3)15-19(4)24-14-12-22-9-7-8-10-25(22)17-24/h5-17H,1-2,4H2,3H3/b18-15+. The molecule has 0 aliphatic heterocycles. The molecule has 0 heteroatoms. The van der Waals surface area contributed by atoms with Gasteiger partial charge in [-0.2, -0.15) is 0 Å². The Hall–Kier alpha value is -3.12. The Morgan fingerprint density at radius 2 is 1.44 bits per heavy atom. The van der Waals surface area contributed by atoms with Crippen molar-refractivity contribution in [2.75, 3.05) is 0 Å². The van der Waals surface area contributed by atoms with E-state index >= 15 is 0 Å². The largest absolute Gasteiger partial charge is 0.0984 e. The van der Waals surface area contributed by atoms with Crippen LogP contribution in [0.25, 0.3) is 34.1 Å². The molecule has 0 saturated heterocycles. The maximum atomic E-state index is 4.26. The molecule has 0 aromatic heterocycles. The van der Waals surface area contributed by atoms with Gasteiger partial charge in [0.15, 0.2) is 0 Å². The SMILES string of the molecule is C=Cc1ccc(/C(C)=C/C(=C)c2ccc3ccccc3c2)cc1C=C. The zero-order chi connectivity index (χ0) is 17.8. The molecule has 0 nitrogen and oxygen atoms in total. The van der Waals surface area contributed by atoms with Crippen molar-refractivity contribution in [1.29, 1.82) is 0 Å². The average Bonchev–Trinajstić information content (AvgIpc) is 2.66. The van der Waals surface area contributed by atoms with Crippen molar-refractivity contribution in [3.63, 3.8) is 0 Å². The summed E-state index contributed by atoms with van der Waals surface area (Å²) in [5.41, 5.74) is 6.69. The molecule has 0 fully saturated rings. The first-order valence-corrected chi connectivity index (χ1v) is 8.38. The predicted molar refractivity (Wildman–Crippen MR) is 113 cm³/mol. The molecule has 0 saturated carbocycles. The second kappa shape index (κ2) is 7.19. The van der Waals surface area contributed by atoms with Crippen LogP contribution in [0.4, 0.5) is 0 Å². The van der Waals surface area contributed by atoms with E-state index < -0.39 is 0 Å². The summed E-state index contributed by atoms with van der Waals surface area (Å²) in [7, 11) is 0. The van der Waals surface area contributed by atoms with E-state index in [2.05, 4.69) is 93.4 Å². The van der Waals surface area contributed by atoms with Crippen LogP contribution in [-0.4, -0.2) is 0 Å². The lowest BCUT2D eigenvalue weighted by atomic mass is 9.96. The lowest BCUT2D eigenvalue weighted by Crippen LogP contribution is -1.87. The van der Waals surface area contributed by atoms with Crippen molar-refractivity contribution < 1.29 is 0 Å². The smallest absolute Gasteiger partial charge is 0.0178 e. The van der Waals surface area contributed by atoms with Gasteiger partial charge < -0.3 is 0 Å². The van der Waals surface area contributed by atoms with Crippen molar-refractivity contribution in [2.45, 2.75) is 6.92 Å². The molecule has 122 valence electrons. The second-order valence-electron chi connectivity index (χ2n) is 6.17. The number of fused-ring (bicyclic) bond motifs is 1. The van der Waals surface area contributed by atoms with Gasteiger partial charge in [-0.25, -0.2) is 0 Å². The molecule has 0 amide bonds. The van der Waals surface area contributed by atoms with E-state index in [4.69, 9.17) is 0 Å². The van der Waals surface area contributed by atoms with Crippen LogP contribution in [0.15, 0.2) is 86.5 Å². The Kier molecular flexibility index (Phi) is 4.81. The van der Waals surface area contributed by atoms with Crippen LogP contribution in [0.2, 0.25) is 0 Å². The van der Waals surface area contributed by atoms with Crippen molar-refractivity contribution in [3.8, 4) is 0 Å². The van der Waals surface area contributed by atoms with Crippen molar-refractivity contribution in [3.05, 3.63) is 109 Å². The molecular weight excluding hydrogens is 300 g/mol. The first-order valence-electron chi connectivity index (χ1n) is 8.38. The number of hydrogen-bond acceptors (Lipinski definition) is 0. The molecule has 3 aromatic carbocycles. The number of rotatable bonds is 5. The van der Waals surface area contributed by atoms with Crippen LogP contribution >= 0.6 is 0 Å². The first-order chi connectivity index (χ1) is 12.1. The lowest BCUT2D eigenvalue weighted by molar-refractivity contribution is 1.52. The highest BCUT2D eigenvalue weighted by molar-refractivity contribution is 5.89. The second-order valence-corrected chi connectivity index (χ2v) is 6.17. The minimum atomic E-state index is 1.01. The van der Waals surface area contributed by atoms with Gasteiger partial charge in [-0.3, -0.25) is 0 Å². The summed E-state index contributed by atoms with van der Waals surface area (Å²) in [6, 6.07) is 21.2. The highest BCUT2D eigenvalue weighted by Gasteiger charge is 2.03. The van der Waals surface area contributed by atoms with Gasteiger partial charge in [0.25, 0.3) is 0 Å². The predicted octanol–water partition coefficient (Wildman–Crippen LogP) is 7.24. The Morgan fingerprint density at radius 3 is 2.16 bits per heavy atom. The molecular formula is C25H22. The fraction of sp³-hybridized carbons (Fsp3) is 0.0400.